The van der Waals surface area contributed by atoms with Crippen molar-refractivity contribution in [3.05, 3.63) is 30.1 Å². The molecule has 2 atom stereocenters. The third-order valence-corrected chi connectivity index (χ3v) is 2.87. The first-order valence-corrected chi connectivity index (χ1v) is 5.72. The van der Waals surface area contributed by atoms with Gasteiger partial charge in [0.25, 0.3) is 0 Å². The average molecular weight is 219 g/mol. The molecule has 0 aromatic carbocycles. The van der Waals surface area contributed by atoms with E-state index >= 15 is 0 Å². The summed E-state index contributed by atoms with van der Waals surface area (Å²) < 4.78 is 0. The van der Waals surface area contributed by atoms with Crippen molar-refractivity contribution < 1.29 is 4.79 Å². The fourth-order valence-electron chi connectivity index (χ4n) is 1.93. The molecular formula is C12H17N3O. The number of hydrogen-bond acceptors (Lipinski definition) is 3. The van der Waals surface area contributed by atoms with E-state index in [2.05, 4.69) is 15.6 Å². The number of hydrogen-bond donors (Lipinski definition) is 2. The smallest absolute Gasteiger partial charge is 0.237 e. The minimum Gasteiger partial charge on any atom is -0.347 e. The number of amides is 1. The molecule has 1 aromatic heterocycles. The summed E-state index contributed by atoms with van der Waals surface area (Å²) in [6.45, 7) is 2.89. The molecule has 0 bridgehead atoms. The molecule has 1 fully saturated rings. The van der Waals surface area contributed by atoms with Crippen LogP contribution in [0.25, 0.3) is 0 Å². The van der Waals surface area contributed by atoms with E-state index in [1.807, 2.05) is 25.1 Å². The molecular weight excluding hydrogens is 202 g/mol. The molecule has 1 saturated heterocycles. The number of aromatic nitrogens is 1. The van der Waals surface area contributed by atoms with Crippen LogP contribution in [0.15, 0.2) is 24.4 Å². The quantitative estimate of drug-likeness (QED) is 0.797. The van der Waals surface area contributed by atoms with Gasteiger partial charge in [-0.25, -0.2) is 0 Å². The van der Waals surface area contributed by atoms with Crippen molar-refractivity contribution in [3.63, 3.8) is 0 Å². The Morgan fingerprint density at radius 2 is 2.50 bits per heavy atom. The van der Waals surface area contributed by atoms with Crippen molar-refractivity contribution in [2.24, 2.45) is 0 Å². The number of carbonyl (C=O) groups excluding carboxylic acids is 1. The van der Waals surface area contributed by atoms with E-state index in [4.69, 9.17) is 0 Å². The Balaban J connectivity index is 1.92. The first kappa shape index (κ1) is 11.1. The molecule has 0 aliphatic carbocycles. The SMILES string of the molecule is C[C@H](NC(=O)[C@@H]1CCCN1)c1ccccn1. The van der Waals surface area contributed by atoms with Gasteiger partial charge < -0.3 is 10.6 Å². The fraction of sp³-hybridized carbons (Fsp3) is 0.500. The van der Waals surface area contributed by atoms with Gasteiger partial charge in [-0.15, -0.1) is 0 Å². The van der Waals surface area contributed by atoms with Gasteiger partial charge in [0.05, 0.1) is 17.8 Å². The number of pyridine rings is 1. The predicted molar refractivity (Wildman–Crippen MR) is 61.8 cm³/mol. The van der Waals surface area contributed by atoms with Gasteiger partial charge in [-0.2, -0.15) is 0 Å². The zero-order chi connectivity index (χ0) is 11.4. The van der Waals surface area contributed by atoms with Crippen LogP contribution >= 0.6 is 0 Å². The lowest BCUT2D eigenvalue weighted by atomic mass is 10.1. The second kappa shape index (κ2) is 5.07. The van der Waals surface area contributed by atoms with Crippen molar-refractivity contribution in [1.82, 2.24) is 15.6 Å². The van der Waals surface area contributed by atoms with Crippen LogP contribution in [0.4, 0.5) is 0 Å². The summed E-state index contributed by atoms with van der Waals surface area (Å²) in [6.07, 6.45) is 3.75. The molecule has 4 nitrogen and oxygen atoms in total. The summed E-state index contributed by atoms with van der Waals surface area (Å²) in [4.78, 5) is 16.1. The van der Waals surface area contributed by atoms with Crippen LogP contribution < -0.4 is 10.6 Å². The minimum atomic E-state index is -0.0314. The number of rotatable bonds is 3. The predicted octanol–water partition coefficient (Wildman–Crippen LogP) is 1.01. The van der Waals surface area contributed by atoms with Gasteiger partial charge in [-0.1, -0.05) is 6.07 Å². The minimum absolute atomic E-state index is 0.0221. The van der Waals surface area contributed by atoms with Crippen LogP contribution in [0.5, 0.6) is 0 Å². The van der Waals surface area contributed by atoms with E-state index in [1.165, 1.54) is 0 Å². The maximum absolute atomic E-state index is 11.8. The zero-order valence-corrected chi connectivity index (χ0v) is 9.44. The molecule has 86 valence electrons. The van der Waals surface area contributed by atoms with Crippen LogP contribution in [-0.4, -0.2) is 23.5 Å². The van der Waals surface area contributed by atoms with Crippen molar-refractivity contribution in [2.45, 2.75) is 31.8 Å². The second-order valence-electron chi connectivity index (χ2n) is 4.13. The third kappa shape index (κ3) is 2.58. The summed E-state index contributed by atoms with van der Waals surface area (Å²) >= 11 is 0. The van der Waals surface area contributed by atoms with E-state index in [9.17, 15) is 4.79 Å². The number of carbonyl (C=O) groups is 1. The highest BCUT2D eigenvalue weighted by Crippen LogP contribution is 2.10. The standard InChI is InChI=1S/C12H17N3O/c1-9(10-5-2-3-7-13-10)15-12(16)11-6-4-8-14-11/h2-3,5,7,9,11,14H,4,6,8H2,1H3,(H,15,16)/t9-,11-/m0/s1. The molecule has 0 unspecified atom stereocenters. The van der Waals surface area contributed by atoms with E-state index in [0.717, 1.165) is 25.1 Å². The van der Waals surface area contributed by atoms with Crippen LogP contribution in [0.3, 0.4) is 0 Å². The monoisotopic (exact) mass is 219 g/mol. The first-order valence-electron chi connectivity index (χ1n) is 5.72. The van der Waals surface area contributed by atoms with Crippen LogP contribution in [0.1, 0.15) is 31.5 Å². The average Bonchev–Trinajstić information content (AvgIpc) is 2.83. The Hall–Kier alpha value is -1.42. The van der Waals surface area contributed by atoms with Gasteiger partial charge in [-0.05, 0) is 38.4 Å². The first-order chi connectivity index (χ1) is 7.77. The van der Waals surface area contributed by atoms with Gasteiger partial charge in [-0.3, -0.25) is 9.78 Å². The fourth-order valence-corrected chi connectivity index (χ4v) is 1.93. The summed E-state index contributed by atoms with van der Waals surface area (Å²) in [5, 5.41) is 6.15. The molecule has 1 aromatic rings. The van der Waals surface area contributed by atoms with E-state index < -0.39 is 0 Å². The highest BCUT2D eigenvalue weighted by molar-refractivity contribution is 5.82. The van der Waals surface area contributed by atoms with E-state index in [1.54, 1.807) is 6.20 Å². The lowest BCUT2D eigenvalue weighted by Gasteiger charge is -2.16. The Morgan fingerprint density at radius 3 is 3.12 bits per heavy atom. The largest absolute Gasteiger partial charge is 0.347 e. The Bertz CT molecular complexity index is 347. The summed E-state index contributed by atoms with van der Waals surface area (Å²) in [7, 11) is 0. The Morgan fingerprint density at radius 1 is 1.62 bits per heavy atom. The Labute approximate surface area is 95.5 Å². The Kier molecular flexibility index (Phi) is 3.51. The highest BCUT2D eigenvalue weighted by Gasteiger charge is 2.23. The molecule has 4 heteroatoms. The molecule has 0 spiro atoms. The normalized spacial score (nSPS) is 21.7. The van der Waals surface area contributed by atoms with Gasteiger partial charge in [0.2, 0.25) is 5.91 Å². The van der Waals surface area contributed by atoms with Gasteiger partial charge in [0.15, 0.2) is 0 Å². The van der Waals surface area contributed by atoms with E-state index in [-0.39, 0.29) is 18.0 Å². The molecule has 2 N–H and O–H groups in total. The van der Waals surface area contributed by atoms with Crippen molar-refractivity contribution in [3.8, 4) is 0 Å². The molecule has 2 rings (SSSR count). The third-order valence-electron chi connectivity index (χ3n) is 2.87. The van der Waals surface area contributed by atoms with Crippen LogP contribution in [0.2, 0.25) is 0 Å². The summed E-state index contributed by atoms with van der Waals surface area (Å²) in [5.74, 6) is 0.0793. The van der Waals surface area contributed by atoms with Crippen LogP contribution in [0, 0.1) is 0 Å². The van der Waals surface area contributed by atoms with Gasteiger partial charge in [0, 0.05) is 6.20 Å². The molecule has 0 radical (unpaired) electrons. The van der Waals surface area contributed by atoms with Crippen molar-refractivity contribution in [2.75, 3.05) is 6.54 Å². The summed E-state index contributed by atoms with van der Waals surface area (Å²) in [6, 6.07) is 5.67. The molecule has 0 saturated carbocycles. The lowest BCUT2D eigenvalue weighted by Crippen LogP contribution is -2.41. The second-order valence-corrected chi connectivity index (χ2v) is 4.13. The van der Waals surface area contributed by atoms with Crippen molar-refractivity contribution in [1.29, 1.82) is 0 Å². The number of nitrogens with zero attached hydrogens (tertiary/aromatic N) is 1. The van der Waals surface area contributed by atoms with Gasteiger partial charge in [0.1, 0.15) is 0 Å². The lowest BCUT2D eigenvalue weighted by molar-refractivity contribution is -0.123. The zero-order valence-electron chi connectivity index (χ0n) is 9.44. The van der Waals surface area contributed by atoms with E-state index in [0.29, 0.717) is 0 Å². The van der Waals surface area contributed by atoms with Crippen LogP contribution in [-0.2, 0) is 4.79 Å². The topological polar surface area (TPSA) is 54.0 Å². The molecule has 16 heavy (non-hydrogen) atoms. The molecule has 1 aliphatic heterocycles. The number of nitrogens with one attached hydrogen (secondary N) is 2. The maximum Gasteiger partial charge on any atom is 0.237 e. The molecule has 2 heterocycles. The maximum atomic E-state index is 11.8. The van der Waals surface area contributed by atoms with Gasteiger partial charge >= 0.3 is 0 Å². The molecule has 1 amide bonds. The summed E-state index contributed by atoms with van der Waals surface area (Å²) in [5.41, 5.74) is 0.897. The molecule has 1 aliphatic rings. The van der Waals surface area contributed by atoms with Crippen molar-refractivity contribution >= 4 is 5.91 Å². The highest BCUT2D eigenvalue weighted by atomic mass is 16.2.